The maximum absolute atomic E-state index is 5.78. The molecule has 8 nitrogen and oxygen atoms in total. The Morgan fingerprint density at radius 2 is 2.05 bits per heavy atom. The van der Waals surface area contributed by atoms with E-state index < -0.39 is 0 Å². The Bertz CT molecular complexity index is 579. The van der Waals surface area contributed by atoms with Gasteiger partial charge in [-0.15, -0.1) is 0 Å². The van der Waals surface area contributed by atoms with Gasteiger partial charge in [0, 0.05) is 13.1 Å². The molecule has 3 rings (SSSR count). The van der Waals surface area contributed by atoms with Crippen LogP contribution in [-0.2, 0) is 0 Å². The van der Waals surface area contributed by atoms with Crippen molar-refractivity contribution in [3.05, 3.63) is 12.7 Å². The predicted molar refractivity (Wildman–Crippen MR) is 74.3 cm³/mol. The van der Waals surface area contributed by atoms with Gasteiger partial charge in [-0.1, -0.05) is 13.8 Å². The summed E-state index contributed by atoms with van der Waals surface area (Å²) in [7, 11) is 0. The maximum atomic E-state index is 5.78. The van der Waals surface area contributed by atoms with Gasteiger partial charge in [-0.05, 0) is 18.3 Å². The van der Waals surface area contributed by atoms with Crippen molar-refractivity contribution in [2.45, 2.75) is 20.3 Å². The van der Waals surface area contributed by atoms with Gasteiger partial charge in [-0.2, -0.15) is 24.7 Å². The average Bonchev–Trinajstić information content (AvgIpc) is 3.10. The van der Waals surface area contributed by atoms with Gasteiger partial charge in [0.1, 0.15) is 12.7 Å². The Balaban J connectivity index is 1.87. The summed E-state index contributed by atoms with van der Waals surface area (Å²) < 4.78 is 1.48. The number of hydrogen-bond donors (Lipinski definition) is 1. The van der Waals surface area contributed by atoms with Crippen LogP contribution in [-0.4, -0.2) is 42.8 Å². The lowest BCUT2D eigenvalue weighted by atomic mass is 9.95. The van der Waals surface area contributed by atoms with Gasteiger partial charge >= 0.3 is 0 Å². The van der Waals surface area contributed by atoms with E-state index in [9.17, 15) is 0 Å². The minimum absolute atomic E-state index is 0.202. The van der Waals surface area contributed by atoms with E-state index in [2.05, 4.69) is 43.8 Å². The molecule has 1 atom stereocenters. The monoisotopic (exact) mass is 274 g/mol. The number of nitrogens with two attached hydrogens (primary N) is 1. The van der Waals surface area contributed by atoms with E-state index in [0.29, 0.717) is 23.7 Å². The first-order valence-corrected chi connectivity index (χ1v) is 6.75. The first-order chi connectivity index (χ1) is 9.63. The van der Waals surface area contributed by atoms with Crippen LogP contribution in [0.2, 0.25) is 0 Å². The molecule has 0 aliphatic carbocycles. The highest BCUT2D eigenvalue weighted by Crippen LogP contribution is 2.26. The van der Waals surface area contributed by atoms with Crippen LogP contribution in [0.1, 0.15) is 20.3 Å². The second-order valence-electron chi connectivity index (χ2n) is 5.37. The summed E-state index contributed by atoms with van der Waals surface area (Å²) in [6, 6.07) is 0. The highest BCUT2D eigenvalue weighted by Gasteiger charge is 2.27. The highest BCUT2D eigenvalue weighted by molar-refractivity contribution is 5.38. The van der Waals surface area contributed by atoms with Gasteiger partial charge in [-0.25, -0.2) is 4.98 Å². The molecule has 2 aromatic rings. The second-order valence-corrected chi connectivity index (χ2v) is 5.37. The Kier molecular flexibility index (Phi) is 3.21. The normalized spacial score (nSPS) is 18.9. The van der Waals surface area contributed by atoms with Crippen molar-refractivity contribution in [1.29, 1.82) is 0 Å². The second kappa shape index (κ2) is 5.03. The number of rotatable bonds is 3. The zero-order valence-corrected chi connectivity index (χ0v) is 11.6. The Hall–Kier alpha value is -2.25. The number of nitrogens with zero attached hydrogens (tertiary/aromatic N) is 7. The van der Waals surface area contributed by atoms with E-state index in [4.69, 9.17) is 5.73 Å². The van der Waals surface area contributed by atoms with E-state index >= 15 is 0 Å². The largest absolute Gasteiger partial charge is 0.368 e. The molecule has 1 aliphatic rings. The fourth-order valence-corrected chi connectivity index (χ4v) is 2.44. The van der Waals surface area contributed by atoms with Crippen LogP contribution in [0.3, 0.4) is 0 Å². The molecule has 0 amide bonds. The minimum Gasteiger partial charge on any atom is -0.368 e. The fourth-order valence-electron chi connectivity index (χ4n) is 2.44. The lowest BCUT2D eigenvalue weighted by Crippen LogP contribution is -2.24. The average molecular weight is 274 g/mol. The molecule has 0 saturated carbocycles. The van der Waals surface area contributed by atoms with E-state index in [1.165, 1.54) is 11.0 Å². The molecule has 2 N–H and O–H groups in total. The van der Waals surface area contributed by atoms with Gasteiger partial charge in [-0.3, -0.25) is 0 Å². The molecule has 3 heterocycles. The van der Waals surface area contributed by atoms with Crippen LogP contribution in [0.15, 0.2) is 12.7 Å². The summed E-state index contributed by atoms with van der Waals surface area (Å²) in [4.78, 5) is 18.8. The van der Waals surface area contributed by atoms with Crippen molar-refractivity contribution in [3.8, 4) is 5.95 Å². The molecule has 2 aromatic heterocycles. The van der Waals surface area contributed by atoms with E-state index in [1.54, 1.807) is 6.33 Å². The SMILES string of the molecule is CC(C)C1CCN(c2nc(N)nc(-n3cncn3)n2)C1. The molecule has 1 aliphatic heterocycles. The van der Waals surface area contributed by atoms with Crippen LogP contribution in [0.4, 0.5) is 11.9 Å². The number of hydrogen-bond acceptors (Lipinski definition) is 7. The van der Waals surface area contributed by atoms with Crippen molar-refractivity contribution < 1.29 is 0 Å². The van der Waals surface area contributed by atoms with Crippen LogP contribution >= 0.6 is 0 Å². The molecule has 8 heteroatoms. The topological polar surface area (TPSA) is 98.6 Å². The molecule has 1 unspecified atom stereocenters. The third kappa shape index (κ3) is 2.40. The molecule has 1 saturated heterocycles. The van der Waals surface area contributed by atoms with Crippen molar-refractivity contribution >= 4 is 11.9 Å². The zero-order chi connectivity index (χ0) is 14.1. The predicted octanol–water partition coefficient (Wildman–Crippen LogP) is 0.517. The minimum atomic E-state index is 0.202. The standard InChI is InChI=1S/C12H18N8/c1-8(2)9-3-4-19(5-9)11-16-10(13)17-12(18-11)20-7-14-6-15-20/h6-9H,3-5H2,1-2H3,(H2,13,16,17,18). The van der Waals surface area contributed by atoms with Crippen molar-refractivity contribution in [2.75, 3.05) is 23.7 Å². The molecule has 106 valence electrons. The van der Waals surface area contributed by atoms with Gasteiger partial charge in [0.25, 0.3) is 5.95 Å². The van der Waals surface area contributed by atoms with E-state index in [-0.39, 0.29) is 5.95 Å². The van der Waals surface area contributed by atoms with Gasteiger partial charge in [0.15, 0.2) is 0 Å². The van der Waals surface area contributed by atoms with Gasteiger partial charge in [0.2, 0.25) is 11.9 Å². The third-order valence-corrected chi connectivity index (χ3v) is 3.70. The van der Waals surface area contributed by atoms with Crippen LogP contribution < -0.4 is 10.6 Å². The molecule has 20 heavy (non-hydrogen) atoms. The van der Waals surface area contributed by atoms with Crippen LogP contribution in [0.5, 0.6) is 0 Å². The van der Waals surface area contributed by atoms with Crippen molar-refractivity contribution in [2.24, 2.45) is 11.8 Å². The summed E-state index contributed by atoms with van der Waals surface area (Å²) in [6.45, 7) is 6.40. The molecular formula is C12H18N8. The van der Waals surface area contributed by atoms with Gasteiger partial charge in [0.05, 0.1) is 0 Å². The quantitative estimate of drug-likeness (QED) is 0.870. The highest BCUT2D eigenvalue weighted by atomic mass is 15.4. The zero-order valence-electron chi connectivity index (χ0n) is 11.6. The van der Waals surface area contributed by atoms with Crippen molar-refractivity contribution in [1.82, 2.24) is 29.7 Å². The number of nitrogen functional groups attached to an aromatic ring is 1. The number of aromatic nitrogens is 6. The lowest BCUT2D eigenvalue weighted by Gasteiger charge is -2.18. The number of anilines is 2. The van der Waals surface area contributed by atoms with Crippen molar-refractivity contribution in [3.63, 3.8) is 0 Å². The smallest absolute Gasteiger partial charge is 0.258 e. The molecule has 0 aromatic carbocycles. The molecule has 0 radical (unpaired) electrons. The lowest BCUT2D eigenvalue weighted by molar-refractivity contribution is 0.422. The molecular weight excluding hydrogens is 256 g/mol. The first-order valence-electron chi connectivity index (χ1n) is 6.75. The van der Waals surface area contributed by atoms with E-state index in [1.807, 2.05) is 0 Å². The molecule has 0 bridgehead atoms. The summed E-state index contributed by atoms with van der Waals surface area (Å²) in [6.07, 6.45) is 4.13. The fraction of sp³-hybridized carbons (Fsp3) is 0.583. The third-order valence-electron chi connectivity index (χ3n) is 3.70. The summed E-state index contributed by atoms with van der Waals surface area (Å²) in [5, 5.41) is 4.02. The van der Waals surface area contributed by atoms with Crippen LogP contribution in [0, 0.1) is 11.8 Å². The van der Waals surface area contributed by atoms with Gasteiger partial charge < -0.3 is 10.6 Å². The Morgan fingerprint density at radius 3 is 2.70 bits per heavy atom. The summed E-state index contributed by atoms with van der Waals surface area (Å²) in [5.41, 5.74) is 5.78. The maximum Gasteiger partial charge on any atom is 0.258 e. The molecule has 0 spiro atoms. The Labute approximate surface area is 117 Å². The molecule has 1 fully saturated rings. The summed E-state index contributed by atoms with van der Waals surface area (Å²) in [5.74, 6) is 2.55. The van der Waals surface area contributed by atoms with Crippen LogP contribution in [0.25, 0.3) is 5.95 Å². The first kappa shape index (κ1) is 12.8. The Morgan fingerprint density at radius 1 is 1.25 bits per heavy atom. The summed E-state index contributed by atoms with van der Waals surface area (Å²) >= 11 is 0. The van der Waals surface area contributed by atoms with E-state index in [0.717, 1.165) is 19.5 Å².